The van der Waals surface area contributed by atoms with Gasteiger partial charge in [-0.3, -0.25) is 0 Å². The van der Waals surface area contributed by atoms with Crippen LogP contribution in [-0.4, -0.2) is 25.3 Å². The predicted molar refractivity (Wildman–Crippen MR) is 85.7 cm³/mol. The molecule has 0 aromatic heterocycles. The molecule has 0 saturated heterocycles. The number of benzene rings is 1. The molecule has 0 unspecified atom stereocenters. The Balaban J connectivity index is 2.35. The van der Waals surface area contributed by atoms with Gasteiger partial charge in [-0.15, -0.1) is 0 Å². The van der Waals surface area contributed by atoms with Crippen molar-refractivity contribution in [1.82, 2.24) is 0 Å². The number of ether oxygens (including phenoxy) is 2. The summed E-state index contributed by atoms with van der Waals surface area (Å²) in [6, 6.07) is 7.76. The van der Waals surface area contributed by atoms with E-state index in [1.807, 2.05) is 45.0 Å². The molecule has 0 radical (unpaired) electrons. The monoisotopic (exact) mass is 292 g/mol. The summed E-state index contributed by atoms with van der Waals surface area (Å²) in [7, 11) is 1.74. The summed E-state index contributed by atoms with van der Waals surface area (Å²) in [6.45, 7) is 6.49. The Morgan fingerprint density at radius 3 is 2.19 bits per heavy atom. The van der Waals surface area contributed by atoms with Gasteiger partial charge in [-0.1, -0.05) is 25.0 Å². The van der Waals surface area contributed by atoms with Crippen LogP contribution in [0.1, 0.15) is 62.4 Å². The normalized spacial score (nSPS) is 11.4. The van der Waals surface area contributed by atoms with Crippen molar-refractivity contribution in [3.8, 4) is 0 Å². The molecule has 0 amide bonds. The first-order chi connectivity index (χ1) is 9.92. The number of carbonyl (C=O) groups is 1. The van der Waals surface area contributed by atoms with E-state index in [0.717, 1.165) is 19.4 Å². The summed E-state index contributed by atoms with van der Waals surface area (Å²) in [5, 5.41) is 0. The van der Waals surface area contributed by atoms with Crippen LogP contribution in [0.15, 0.2) is 24.3 Å². The molecule has 0 N–H and O–H groups in total. The number of hydrogen-bond acceptors (Lipinski definition) is 3. The minimum absolute atomic E-state index is 0.256. The molecule has 0 aliphatic rings. The van der Waals surface area contributed by atoms with E-state index >= 15 is 0 Å². The van der Waals surface area contributed by atoms with E-state index in [2.05, 4.69) is 0 Å². The first kappa shape index (κ1) is 17.7. The average Bonchev–Trinajstić information content (AvgIpc) is 2.41. The van der Waals surface area contributed by atoms with Gasteiger partial charge in [0.1, 0.15) is 5.60 Å². The second-order valence-electron chi connectivity index (χ2n) is 6.36. The largest absolute Gasteiger partial charge is 0.456 e. The lowest BCUT2D eigenvalue weighted by molar-refractivity contribution is 0.00695. The SMILES string of the molecule is COCCCCCCc1ccc(C(=O)OC(C)(C)C)cc1. The van der Waals surface area contributed by atoms with Crippen molar-refractivity contribution < 1.29 is 14.3 Å². The van der Waals surface area contributed by atoms with E-state index in [1.54, 1.807) is 7.11 Å². The van der Waals surface area contributed by atoms with Gasteiger partial charge in [0, 0.05) is 13.7 Å². The Morgan fingerprint density at radius 1 is 1.00 bits per heavy atom. The minimum Gasteiger partial charge on any atom is -0.456 e. The highest BCUT2D eigenvalue weighted by atomic mass is 16.6. The molecule has 118 valence electrons. The highest BCUT2D eigenvalue weighted by Gasteiger charge is 2.17. The number of esters is 1. The van der Waals surface area contributed by atoms with Crippen molar-refractivity contribution >= 4 is 5.97 Å². The van der Waals surface area contributed by atoms with Crippen LogP contribution in [-0.2, 0) is 15.9 Å². The van der Waals surface area contributed by atoms with E-state index in [0.29, 0.717) is 5.56 Å². The number of aryl methyl sites for hydroxylation is 1. The van der Waals surface area contributed by atoms with Crippen LogP contribution in [0.5, 0.6) is 0 Å². The Bertz CT molecular complexity index is 415. The van der Waals surface area contributed by atoms with E-state index < -0.39 is 5.60 Å². The maximum atomic E-state index is 11.9. The molecule has 0 saturated carbocycles. The summed E-state index contributed by atoms with van der Waals surface area (Å²) >= 11 is 0. The maximum absolute atomic E-state index is 11.9. The lowest BCUT2D eigenvalue weighted by Gasteiger charge is -2.19. The predicted octanol–water partition coefficient (Wildman–Crippen LogP) is 4.39. The Morgan fingerprint density at radius 2 is 1.62 bits per heavy atom. The Hall–Kier alpha value is -1.35. The molecule has 1 aromatic rings. The molecule has 0 bridgehead atoms. The first-order valence-corrected chi connectivity index (χ1v) is 7.73. The standard InChI is InChI=1S/C18H28O3/c1-18(2,3)21-17(19)16-12-10-15(11-13-16)9-7-5-6-8-14-20-4/h10-13H,5-9,14H2,1-4H3. The summed E-state index contributed by atoms with van der Waals surface area (Å²) < 4.78 is 10.4. The topological polar surface area (TPSA) is 35.5 Å². The molecular formula is C18H28O3. The summed E-state index contributed by atoms with van der Waals surface area (Å²) in [4.78, 5) is 11.9. The maximum Gasteiger partial charge on any atom is 0.338 e. The molecule has 1 rings (SSSR count). The van der Waals surface area contributed by atoms with E-state index in [-0.39, 0.29) is 5.97 Å². The lowest BCUT2D eigenvalue weighted by Crippen LogP contribution is -2.23. The van der Waals surface area contributed by atoms with Crippen molar-refractivity contribution in [3.05, 3.63) is 35.4 Å². The fourth-order valence-corrected chi connectivity index (χ4v) is 2.07. The Kier molecular flexibility index (Phi) is 7.44. The van der Waals surface area contributed by atoms with Gasteiger partial charge in [0.2, 0.25) is 0 Å². The number of carbonyl (C=O) groups excluding carboxylic acids is 1. The van der Waals surface area contributed by atoms with Gasteiger partial charge < -0.3 is 9.47 Å². The molecule has 1 aromatic carbocycles. The zero-order valence-electron chi connectivity index (χ0n) is 13.8. The minimum atomic E-state index is -0.446. The number of hydrogen-bond donors (Lipinski definition) is 0. The second-order valence-corrected chi connectivity index (χ2v) is 6.36. The van der Waals surface area contributed by atoms with Gasteiger partial charge in [-0.2, -0.15) is 0 Å². The van der Waals surface area contributed by atoms with E-state index in [4.69, 9.17) is 9.47 Å². The Labute approximate surface area is 128 Å². The van der Waals surface area contributed by atoms with Gasteiger partial charge in [0.15, 0.2) is 0 Å². The lowest BCUT2D eigenvalue weighted by atomic mass is 10.0. The van der Waals surface area contributed by atoms with Crippen molar-refractivity contribution in [2.24, 2.45) is 0 Å². The number of rotatable bonds is 8. The van der Waals surface area contributed by atoms with Crippen molar-refractivity contribution in [2.75, 3.05) is 13.7 Å². The van der Waals surface area contributed by atoms with Crippen LogP contribution in [0.3, 0.4) is 0 Å². The molecule has 0 spiro atoms. The van der Waals surface area contributed by atoms with Crippen LogP contribution < -0.4 is 0 Å². The number of unbranched alkanes of at least 4 members (excludes halogenated alkanes) is 3. The van der Waals surface area contributed by atoms with Gasteiger partial charge >= 0.3 is 5.97 Å². The highest BCUT2D eigenvalue weighted by molar-refractivity contribution is 5.89. The molecular weight excluding hydrogens is 264 g/mol. The zero-order valence-corrected chi connectivity index (χ0v) is 13.8. The van der Waals surface area contributed by atoms with Gasteiger partial charge in [0.25, 0.3) is 0 Å². The van der Waals surface area contributed by atoms with Crippen LogP contribution in [0.2, 0.25) is 0 Å². The summed E-state index contributed by atoms with van der Waals surface area (Å²) in [5.41, 5.74) is 1.45. The van der Waals surface area contributed by atoms with Crippen LogP contribution in [0.4, 0.5) is 0 Å². The van der Waals surface area contributed by atoms with E-state index in [1.165, 1.54) is 24.8 Å². The van der Waals surface area contributed by atoms with Gasteiger partial charge in [-0.05, 0) is 57.7 Å². The van der Waals surface area contributed by atoms with Gasteiger partial charge in [-0.25, -0.2) is 4.79 Å². The van der Waals surface area contributed by atoms with Gasteiger partial charge in [0.05, 0.1) is 5.56 Å². The molecule has 0 fully saturated rings. The van der Waals surface area contributed by atoms with Crippen molar-refractivity contribution in [1.29, 1.82) is 0 Å². The number of methoxy groups -OCH3 is 1. The third-order valence-electron chi connectivity index (χ3n) is 3.15. The average molecular weight is 292 g/mol. The highest BCUT2D eigenvalue weighted by Crippen LogP contribution is 2.14. The third kappa shape index (κ3) is 7.86. The smallest absolute Gasteiger partial charge is 0.338 e. The third-order valence-corrected chi connectivity index (χ3v) is 3.15. The fraction of sp³-hybridized carbons (Fsp3) is 0.611. The molecule has 21 heavy (non-hydrogen) atoms. The van der Waals surface area contributed by atoms with E-state index in [9.17, 15) is 4.79 Å². The summed E-state index contributed by atoms with van der Waals surface area (Å²) in [5.74, 6) is -0.256. The molecule has 0 aliphatic carbocycles. The second kappa shape index (κ2) is 8.83. The zero-order chi connectivity index (χ0) is 15.7. The first-order valence-electron chi connectivity index (χ1n) is 7.73. The quantitative estimate of drug-likeness (QED) is 0.526. The van der Waals surface area contributed by atoms with Crippen LogP contribution in [0.25, 0.3) is 0 Å². The molecule has 3 nitrogen and oxygen atoms in total. The van der Waals surface area contributed by atoms with Crippen LogP contribution in [0, 0.1) is 0 Å². The van der Waals surface area contributed by atoms with Crippen LogP contribution >= 0.6 is 0 Å². The molecule has 0 aliphatic heterocycles. The molecule has 3 heteroatoms. The summed E-state index contributed by atoms with van der Waals surface area (Å²) in [6.07, 6.45) is 5.80. The van der Waals surface area contributed by atoms with Crippen molar-refractivity contribution in [2.45, 2.75) is 58.5 Å². The fourth-order valence-electron chi connectivity index (χ4n) is 2.07. The molecule has 0 heterocycles. The molecule has 0 atom stereocenters. The van der Waals surface area contributed by atoms with Crippen molar-refractivity contribution in [3.63, 3.8) is 0 Å².